The van der Waals surface area contributed by atoms with Crippen LogP contribution in [0.3, 0.4) is 0 Å². The molecule has 128 valence electrons. The number of nitrogens with zero attached hydrogens (tertiary/aromatic N) is 2. The minimum Gasteiger partial charge on any atom is -0.437 e. The topological polar surface area (TPSA) is 103 Å². The molecule has 0 fully saturated rings. The fraction of sp³-hybridized carbons (Fsp3) is 0.118. The van der Waals surface area contributed by atoms with Crippen LogP contribution in [0.5, 0.6) is 0 Å². The Morgan fingerprint density at radius 2 is 1.88 bits per heavy atom. The molecule has 0 aliphatic carbocycles. The number of hydrogen-bond donors (Lipinski definition) is 0. The molecule has 3 aromatic rings. The third-order valence-corrected chi connectivity index (χ3v) is 5.37. The summed E-state index contributed by atoms with van der Waals surface area (Å²) in [6, 6.07) is 10.6. The molecule has 0 bridgehead atoms. The largest absolute Gasteiger partial charge is 0.437 e. The van der Waals surface area contributed by atoms with Crippen molar-refractivity contribution in [1.29, 1.82) is 0 Å². The second-order valence-corrected chi connectivity index (χ2v) is 7.55. The zero-order valence-electron chi connectivity index (χ0n) is 13.2. The fourth-order valence-corrected chi connectivity index (χ4v) is 3.13. The van der Waals surface area contributed by atoms with Crippen molar-refractivity contribution in [2.24, 2.45) is 0 Å². The number of benzene rings is 2. The van der Waals surface area contributed by atoms with Gasteiger partial charge in [-0.2, -0.15) is 0 Å². The Hall–Kier alpha value is -3.00. The number of fused-ring (bicyclic) bond motifs is 1. The maximum atomic E-state index is 11.9. The number of nitro benzene ring substituents is 1. The van der Waals surface area contributed by atoms with Crippen molar-refractivity contribution in [3.05, 3.63) is 64.0 Å². The van der Waals surface area contributed by atoms with Crippen LogP contribution in [0.25, 0.3) is 23.3 Å². The van der Waals surface area contributed by atoms with E-state index in [1.54, 1.807) is 37.3 Å². The smallest absolute Gasteiger partial charge is 0.269 e. The van der Waals surface area contributed by atoms with Gasteiger partial charge in [-0.25, -0.2) is 13.4 Å². The van der Waals surface area contributed by atoms with Crippen LogP contribution >= 0.6 is 0 Å². The molecule has 0 aliphatic rings. The minimum absolute atomic E-state index is 0.0171. The van der Waals surface area contributed by atoms with E-state index in [4.69, 9.17) is 4.42 Å². The molecule has 0 amide bonds. The molecule has 0 N–H and O–H groups in total. The number of oxazole rings is 1. The van der Waals surface area contributed by atoms with Crippen molar-refractivity contribution < 1.29 is 17.8 Å². The number of aromatic nitrogens is 1. The van der Waals surface area contributed by atoms with Crippen molar-refractivity contribution in [2.75, 3.05) is 5.75 Å². The highest BCUT2D eigenvalue weighted by molar-refractivity contribution is 7.91. The summed E-state index contributed by atoms with van der Waals surface area (Å²) < 4.78 is 29.4. The molecule has 8 heteroatoms. The molecule has 0 aliphatic heterocycles. The van der Waals surface area contributed by atoms with E-state index in [2.05, 4.69) is 4.98 Å². The van der Waals surface area contributed by atoms with Gasteiger partial charge in [0.1, 0.15) is 5.52 Å². The number of hydrogen-bond acceptors (Lipinski definition) is 6. The lowest BCUT2D eigenvalue weighted by Gasteiger charge is -1.99. The van der Waals surface area contributed by atoms with Gasteiger partial charge in [0.15, 0.2) is 15.4 Å². The van der Waals surface area contributed by atoms with Crippen molar-refractivity contribution in [1.82, 2.24) is 4.98 Å². The van der Waals surface area contributed by atoms with E-state index >= 15 is 0 Å². The first-order valence-electron chi connectivity index (χ1n) is 7.45. The summed E-state index contributed by atoms with van der Waals surface area (Å²) in [4.78, 5) is 14.6. The molecule has 0 saturated carbocycles. The third-order valence-electron chi connectivity index (χ3n) is 3.64. The molecule has 0 unspecified atom stereocenters. The summed E-state index contributed by atoms with van der Waals surface area (Å²) in [5.74, 6) is 0.336. The Kier molecular flexibility index (Phi) is 4.37. The van der Waals surface area contributed by atoms with Gasteiger partial charge < -0.3 is 4.42 Å². The molecule has 0 radical (unpaired) electrons. The van der Waals surface area contributed by atoms with Crippen molar-refractivity contribution >= 4 is 38.8 Å². The summed E-state index contributed by atoms with van der Waals surface area (Å²) in [7, 11) is -3.30. The van der Waals surface area contributed by atoms with Crippen LogP contribution in [0.4, 0.5) is 5.69 Å². The highest BCUT2D eigenvalue weighted by Crippen LogP contribution is 2.22. The molecule has 2 aromatic carbocycles. The summed E-state index contributed by atoms with van der Waals surface area (Å²) >= 11 is 0. The van der Waals surface area contributed by atoms with Gasteiger partial charge in [0.05, 0.1) is 15.6 Å². The number of nitro groups is 1. The van der Waals surface area contributed by atoms with E-state index in [0.717, 1.165) is 5.56 Å². The highest BCUT2D eigenvalue weighted by Gasteiger charge is 2.14. The van der Waals surface area contributed by atoms with Crippen molar-refractivity contribution in [3.63, 3.8) is 0 Å². The van der Waals surface area contributed by atoms with Gasteiger partial charge in [-0.05, 0) is 42.0 Å². The monoisotopic (exact) mass is 358 g/mol. The number of sulfone groups is 1. The van der Waals surface area contributed by atoms with E-state index < -0.39 is 14.8 Å². The zero-order valence-corrected chi connectivity index (χ0v) is 14.1. The lowest BCUT2D eigenvalue weighted by molar-refractivity contribution is -0.384. The first-order valence-corrected chi connectivity index (χ1v) is 9.10. The van der Waals surface area contributed by atoms with Gasteiger partial charge in [-0.15, -0.1) is 0 Å². The van der Waals surface area contributed by atoms with Gasteiger partial charge in [-0.1, -0.05) is 6.92 Å². The van der Waals surface area contributed by atoms with E-state index in [0.29, 0.717) is 17.0 Å². The van der Waals surface area contributed by atoms with E-state index in [1.807, 2.05) is 0 Å². The predicted molar refractivity (Wildman–Crippen MR) is 93.8 cm³/mol. The van der Waals surface area contributed by atoms with Gasteiger partial charge >= 0.3 is 0 Å². The average molecular weight is 358 g/mol. The summed E-state index contributed by atoms with van der Waals surface area (Å²) in [6.45, 7) is 1.58. The molecule has 7 nitrogen and oxygen atoms in total. The molecule has 0 saturated heterocycles. The Balaban J connectivity index is 1.88. The van der Waals surface area contributed by atoms with Crippen LogP contribution in [0.2, 0.25) is 0 Å². The second-order valence-electron chi connectivity index (χ2n) is 5.27. The molecule has 3 rings (SSSR count). The summed E-state index contributed by atoms with van der Waals surface area (Å²) in [5, 5.41) is 10.6. The maximum absolute atomic E-state index is 11.9. The summed E-state index contributed by atoms with van der Waals surface area (Å²) in [6.07, 6.45) is 3.33. The highest BCUT2D eigenvalue weighted by atomic mass is 32.2. The van der Waals surface area contributed by atoms with Gasteiger partial charge in [0.2, 0.25) is 5.89 Å². The normalized spacial score (nSPS) is 12.0. The van der Waals surface area contributed by atoms with E-state index in [9.17, 15) is 18.5 Å². The first-order chi connectivity index (χ1) is 11.9. The maximum Gasteiger partial charge on any atom is 0.269 e. The Labute approximate surface area is 143 Å². The van der Waals surface area contributed by atoms with Crippen molar-refractivity contribution in [2.45, 2.75) is 11.8 Å². The SMILES string of the molecule is CCS(=O)(=O)c1ccc2oc(/C=C/c3ccc([N+](=O)[O-])cc3)nc2c1. The van der Waals surface area contributed by atoms with E-state index in [-0.39, 0.29) is 16.3 Å². The van der Waals surface area contributed by atoms with E-state index in [1.165, 1.54) is 24.3 Å². The molecule has 1 heterocycles. The fourth-order valence-electron chi connectivity index (χ4n) is 2.23. The average Bonchev–Trinajstić information content (AvgIpc) is 3.02. The van der Waals surface area contributed by atoms with Crippen LogP contribution in [-0.2, 0) is 9.84 Å². The third kappa shape index (κ3) is 3.58. The lowest BCUT2D eigenvalue weighted by atomic mass is 10.2. The van der Waals surface area contributed by atoms with Gasteiger partial charge in [0, 0.05) is 18.2 Å². The van der Waals surface area contributed by atoms with Crippen LogP contribution in [0, 0.1) is 10.1 Å². The molecule has 25 heavy (non-hydrogen) atoms. The van der Waals surface area contributed by atoms with Crippen LogP contribution in [0.15, 0.2) is 51.8 Å². The molecule has 0 atom stereocenters. The van der Waals surface area contributed by atoms with Crippen LogP contribution in [-0.4, -0.2) is 24.1 Å². The standard InChI is InChI=1S/C17H14N2O5S/c1-2-25(22,23)14-8-9-16-15(11-14)18-17(24-16)10-5-12-3-6-13(7-4-12)19(20)21/h3-11H,2H2,1H3/b10-5+. The Morgan fingerprint density at radius 1 is 1.16 bits per heavy atom. The lowest BCUT2D eigenvalue weighted by Crippen LogP contribution is -2.03. The van der Waals surface area contributed by atoms with Crippen LogP contribution < -0.4 is 0 Å². The first kappa shape index (κ1) is 16.8. The molecule has 0 spiro atoms. The number of non-ortho nitro benzene ring substituents is 1. The quantitative estimate of drug-likeness (QED) is 0.509. The Bertz CT molecular complexity index is 1070. The minimum atomic E-state index is -3.30. The van der Waals surface area contributed by atoms with Crippen LogP contribution in [0.1, 0.15) is 18.4 Å². The summed E-state index contributed by atoms with van der Waals surface area (Å²) in [5.41, 5.74) is 1.71. The zero-order chi connectivity index (χ0) is 18.0. The van der Waals surface area contributed by atoms with Gasteiger partial charge in [0.25, 0.3) is 5.69 Å². The number of rotatable bonds is 5. The predicted octanol–water partition coefficient (Wildman–Crippen LogP) is 3.70. The van der Waals surface area contributed by atoms with Gasteiger partial charge in [-0.3, -0.25) is 10.1 Å². The Morgan fingerprint density at radius 3 is 2.52 bits per heavy atom. The molecular weight excluding hydrogens is 344 g/mol. The second kappa shape index (κ2) is 6.48. The molecular formula is C17H14N2O5S. The van der Waals surface area contributed by atoms with Crippen molar-refractivity contribution in [3.8, 4) is 0 Å². The molecule has 1 aromatic heterocycles.